The first kappa shape index (κ1) is 7.81. The fourth-order valence-electron chi connectivity index (χ4n) is 1.80. The summed E-state index contributed by atoms with van der Waals surface area (Å²) < 4.78 is 0. The lowest BCUT2D eigenvalue weighted by Gasteiger charge is -2.13. The molecule has 1 aliphatic carbocycles. The van der Waals surface area contributed by atoms with Gasteiger partial charge in [-0.05, 0) is 36.8 Å². The molecule has 1 heteroatoms. The maximum absolute atomic E-state index is 5.75. The van der Waals surface area contributed by atoms with Crippen molar-refractivity contribution in [1.82, 2.24) is 0 Å². The van der Waals surface area contributed by atoms with Crippen LogP contribution in [0.15, 0.2) is 30.3 Å². The third-order valence-electron chi connectivity index (χ3n) is 2.67. The quantitative estimate of drug-likeness (QED) is 0.722. The van der Waals surface area contributed by atoms with Crippen LogP contribution in [0.4, 0.5) is 0 Å². The number of benzene rings is 1. The van der Waals surface area contributed by atoms with Gasteiger partial charge in [0.25, 0.3) is 0 Å². The van der Waals surface area contributed by atoms with Crippen LogP contribution in [-0.4, -0.2) is 6.54 Å². The van der Waals surface area contributed by atoms with Gasteiger partial charge in [-0.1, -0.05) is 30.3 Å². The van der Waals surface area contributed by atoms with Crippen LogP contribution in [0.2, 0.25) is 0 Å². The maximum Gasteiger partial charge on any atom is -0.000556 e. The highest BCUT2D eigenvalue weighted by molar-refractivity contribution is 5.21. The van der Waals surface area contributed by atoms with E-state index in [1.165, 1.54) is 18.4 Å². The lowest BCUT2D eigenvalue weighted by atomic mass is 9.95. The summed E-state index contributed by atoms with van der Waals surface area (Å²) in [5.74, 6) is 1.49. The van der Waals surface area contributed by atoms with E-state index >= 15 is 0 Å². The first-order valence-corrected chi connectivity index (χ1v) is 4.67. The molecule has 1 aromatic carbocycles. The van der Waals surface area contributed by atoms with E-state index < -0.39 is 0 Å². The van der Waals surface area contributed by atoms with Crippen LogP contribution in [0, 0.1) is 5.92 Å². The highest BCUT2D eigenvalue weighted by atomic mass is 14.6. The zero-order valence-electron chi connectivity index (χ0n) is 7.24. The van der Waals surface area contributed by atoms with E-state index in [2.05, 4.69) is 30.3 Å². The van der Waals surface area contributed by atoms with Crippen LogP contribution < -0.4 is 5.73 Å². The van der Waals surface area contributed by atoms with Gasteiger partial charge in [0.05, 0.1) is 0 Å². The third-order valence-corrected chi connectivity index (χ3v) is 2.67. The highest BCUT2D eigenvalue weighted by Gasteiger charge is 2.30. The van der Waals surface area contributed by atoms with E-state index in [-0.39, 0.29) is 0 Å². The minimum Gasteiger partial charge on any atom is -0.330 e. The number of hydrogen-bond donors (Lipinski definition) is 1. The highest BCUT2D eigenvalue weighted by Crippen LogP contribution is 2.41. The second kappa shape index (κ2) is 3.28. The smallest absolute Gasteiger partial charge is 0.000556 e. The van der Waals surface area contributed by atoms with Crippen LogP contribution >= 0.6 is 0 Å². The lowest BCUT2D eigenvalue weighted by Crippen LogP contribution is -2.14. The zero-order valence-corrected chi connectivity index (χ0v) is 7.24. The van der Waals surface area contributed by atoms with Crippen LogP contribution in [0.5, 0.6) is 0 Å². The summed E-state index contributed by atoms with van der Waals surface area (Å²) in [6.45, 7) is 0.800. The van der Waals surface area contributed by atoms with Gasteiger partial charge < -0.3 is 5.73 Å². The van der Waals surface area contributed by atoms with Crippen molar-refractivity contribution in [1.29, 1.82) is 0 Å². The van der Waals surface area contributed by atoms with Crippen LogP contribution in [-0.2, 0) is 0 Å². The van der Waals surface area contributed by atoms with Crippen LogP contribution in [0.25, 0.3) is 0 Å². The van der Waals surface area contributed by atoms with Crippen molar-refractivity contribution in [3.05, 3.63) is 35.9 Å². The normalized spacial score (nSPS) is 19.1. The Morgan fingerprint density at radius 3 is 2.42 bits per heavy atom. The number of rotatable bonds is 3. The van der Waals surface area contributed by atoms with Crippen molar-refractivity contribution in [2.24, 2.45) is 11.7 Å². The van der Waals surface area contributed by atoms with Gasteiger partial charge in [0, 0.05) is 0 Å². The summed E-state index contributed by atoms with van der Waals surface area (Å²) in [7, 11) is 0. The van der Waals surface area contributed by atoms with Crippen LogP contribution in [0.1, 0.15) is 24.3 Å². The molecule has 0 heterocycles. The molecular formula is C11H15N. The molecule has 0 amide bonds. The summed E-state index contributed by atoms with van der Waals surface area (Å²) in [6.07, 6.45) is 2.74. The molecule has 1 nitrogen and oxygen atoms in total. The molecule has 12 heavy (non-hydrogen) atoms. The van der Waals surface area contributed by atoms with Gasteiger partial charge in [-0.3, -0.25) is 0 Å². The largest absolute Gasteiger partial charge is 0.330 e. The Morgan fingerprint density at radius 1 is 1.25 bits per heavy atom. The van der Waals surface area contributed by atoms with E-state index in [9.17, 15) is 0 Å². The van der Waals surface area contributed by atoms with E-state index in [1.807, 2.05) is 0 Å². The fraction of sp³-hybridized carbons (Fsp3) is 0.455. The molecule has 0 unspecified atom stereocenters. The molecule has 0 bridgehead atoms. The molecule has 1 fully saturated rings. The predicted octanol–water partition coefficient (Wildman–Crippen LogP) is 2.14. The van der Waals surface area contributed by atoms with Crippen molar-refractivity contribution < 1.29 is 0 Å². The molecular weight excluding hydrogens is 146 g/mol. The van der Waals surface area contributed by atoms with Crippen molar-refractivity contribution in [2.45, 2.75) is 18.8 Å². The van der Waals surface area contributed by atoms with Gasteiger partial charge in [0.15, 0.2) is 0 Å². The lowest BCUT2D eigenvalue weighted by molar-refractivity contribution is 0.616. The predicted molar refractivity (Wildman–Crippen MR) is 51.0 cm³/mol. The Bertz CT molecular complexity index is 238. The molecule has 1 atom stereocenters. The van der Waals surface area contributed by atoms with Gasteiger partial charge in [0.2, 0.25) is 0 Å². The number of nitrogens with two attached hydrogens (primary N) is 1. The average Bonchev–Trinajstić information content (AvgIpc) is 2.92. The molecule has 0 aromatic heterocycles. The van der Waals surface area contributed by atoms with E-state index in [4.69, 9.17) is 5.73 Å². The molecule has 0 aliphatic heterocycles. The van der Waals surface area contributed by atoms with Gasteiger partial charge in [0.1, 0.15) is 0 Å². The van der Waals surface area contributed by atoms with Crippen molar-refractivity contribution in [2.75, 3.05) is 6.54 Å². The molecule has 1 saturated carbocycles. The molecule has 1 aromatic rings. The summed E-state index contributed by atoms with van der Waals surface area (Å²) >= 11 is 0. The second-order valence-corrected chi connectivity index (χ2v) is 3.59. The molecule has 0 radical (unpaired) electrons. The monoisotopic (exact) mass is 161 g/mol. The van der Waals surface area contributed by atoms with Crippen LogP contribution in [0.3, 0.4) is 0 Å². The zero-order chi connectivity index (χ0) is 8.39. The van der Waals surface area contributed by atoms with E-state index in [0.29, 0.717) is 5.92 Å². The van der Waals surface area contributed by atoms with Gasteiger partial charge in [-0.15, -0.1) is 0 Å². The molecule has 0 spiro atoms. The van der Waals surface area contributed by atoms with Crippen molar-refractivity contribution >= 4 is 0 Å². The molecule has 2 rings (SSSR count). The van der Waals surface area contributed by atoms with Gasteiger partial charge in [-0.2, -0.15) is 0 Å². The van der Waals surface area contributed by atoms with Gasteiger partial charge >= 0.3 is 0 Å². The summed E-state index contributed by atoms with van der Waals surface area (Å²) in [5.41, 5.74) is 7.16. The Morgan fingerprint density at radius 2 is 1.92 bits per heavy atom. The van der Waals surface area contributed by atoms with E-state index in [0.717, 1.165) is 12.5 Å². The summed E-state index contributed by atoms with van der Waals surface area (Å²) in [4.78, 5) is 0. The Labute approximate surface area is 73.6 Å². The third kappa shape index (κ3) is 1.51. The average molecular weight is 161 g/mol. The Hall–Kier alpha value is -0.820. The van der Waals surface area contributed by atoms with E-state index in [1.54, 1.807) is 0 Å². The van der Waals surface area contributed by atoms with Crippen molar-refractivity contribution in [3.63, 3.8) is 0 Å². The Balaban J connectivity index is 2.15. The van der Waals surface area contributed by atoms with Gasteiger partial charge in [-0.25, -0.2) is 0 Å². The summed E-state index contributed by atoms with van der Waals surface area (Å²) in [5, 5.41) is 0. The minimum atomic E-state index is 0.617. The summed E-state index contributed by atoms with van der Waals surface area (Å²) in [6, 6.07) is 10.6. The molecule has 0 saturated heterocycles. The molecule has 2 N–H and O–H groups in total. The second-order valence-electron chi connectivity index (χ2n) is 3.59. The topological polar surface area (TPSA) is 26.0 Å². The Kier molecular flexibility index (Phi) is 2.13. The SMILES string of the molecule is NC[C@@H](c1ccccc1)C1CC1. The fourth-order valence-corrected chi connectivity index (χ4v) is 1.80. The minimum absolute atomic E-state index is 0.617. The standard InChI is InChI=1S/C11H15N/c12-8-11(10-6-7-10)9-4-2-1-3-5-9/h1-5,10-11H,6-8,12H2/t11-/m0/s1. The van der Waals surface area contributed by atoms with Crippen molar-refractivity contribution in [3.8, 4) is 0 Å². The maximum atomic E-state index is 5.75. The molecule has 64 valence electrons. The number of hydrogen-bond acceptors (Lipinski definition) is 1. The molecule has 1 aliphatic rings. The first-order chi connectivity index (χ1) is 5.92. The first-order valence-electron chi connectivity index (χ1n) is 4.67.